The van der Waals surface area contributed by atoms with Gasteiger partial charge in [-0.3, -0.25) is 0 Å². The summed E-state index contributed by atoms with van der Waals surface area (Å²) in [4.78, 5) is 0. The Kier molecular flexibility index (Phi) is 4.87. The topological polar surface area (TPSA) is 38.7 Å². The monoisotopic (exact) mass is 384 g/mol. The molecule has 0 aliphatic carbocycles. The van der Waals surface area contributed by atoms with Gasteiger partial charge in [-0.05, 0) is 47.0 Å². The number of hydrogen-bond acceptors (Lipinski definition) is 3. The number of aliphatic hydroxyl groups is 1. The summed E-state index contributed by atoms with van der Waals surface area (Å²) in [5, 5.41) is 11.2. The Morgan fingerprint density at radius 2 is 1.74 bits per heavy atom. The van der Waals surface area contributed by atoms with Crippen LogP contribution in [-0.2, 0) is 16.9 Å². The van der Waals surface area contributed by atoms with Crippen molar-refractivity contribution in [3.63, 3.8) is 0 Å². The van der Waals surface area contributed by atoms with Gasteiger partial charge in [-0.25, -0.2) is 4.39 Å². The molecular formula is C22H18ClFO3. The summed E-state index contributed by atoms with van der Waals surface area (Å²) in [6.45, 7) is 0.735. The lowest BCUT2D eigenvalue weighted by Gasteiger charge is -2.38. The molecule has 0 aromatic heterocycles. The molecule has 138 valence electrons. The van der Waals surface area contributed by atoms with Crippen LogP contribution in [0.2, 0.25) is 5.02 Å². The number of halogens is 2. The van der Waals surface area contributed by atoms with Crippen molar-refractivity contribution < 1.29 is 19.0 Å². The van der Waals surface area contributed by atoms with Gasteiger partial charge in [0.25, 0.3) is 0 Å². The smallest absolute Gasteiger partial charge is 0.137 e. The van der Waals surface area contributed by atoms with Crippen molar-refractivity contribution >= 4 is 11.6 Å². The highest BCUT2D eigenvalue weighted by atomic mass is 35.5. The first-order chi connectivity index (χ1) is 13.0. The Morgan fingerprint density at radius 1 is 1.00 bits per heavy atom. The van der Waals surface area contributed by atoms with Gasteiger partial charge in [0.2, 0.25) is 0 Å². The summed E-state index contributed by atoms with van der Waals surface area (Å²) >= 11 is 5.87. The molecule has 3 aromatic rings. The minimum atomic E-state index is -1.16. The van der Waals surface area contributed by atoms with Gasteiger partial charge in [-0.2, -0.15) is 0 Å². The molecular weight excluding hydrogens is 367 g/mol. The first-order valence-electron chi connectivity index (χ1n) is 8.62. The summed E-state index contributed by atoms with van der Waals surface area (Å²) in [6, 6.07) is 19.6. The van der Waals surface area contributed by atoms with Gasteiger partial charge in [-0.15, -0.1) is 0 Å². The van der Waals surface area contributed by atoms with Gasteiger partial charge < -0.3 is 14.6 Å². The molecule has 0 radical (unpaired) electrons. The summed E-state index contributed by atoms with van der Waals surface area (Å²) in [6.07, 6.45) is 0. The fourth-order valence-corrected chi connectivity index (χ4v) is 3.29. The lowest BCUT2D eigenvalue weighted by Crippen LogP contribution is -2.46. The number of hydrogen-bond donors (Lipinski definition) is 1. The Morgan fingerprint density at radius 3 is 2.41 bits per heavy atom. The number of ether oxygens (including phenoxy) is 2. The molecule has 1 saturated heterocycles. The second-order valence-corrected chi connectivity index (χ2v) is 7.07. The van der Waals surface area contributed by atoms with Crippen molar-refractivity contribution in [3.05, 3.63) is 88.7 Å². The van der Waals surface area contributed by atoms with Crippen molar-refractivity contribution in [2.75, 3.05) is 13.2 Å². The van der Waals surface area contributed by atoms with Crippen LogP contribution in [0, 0.1) is 5.82 Å². The lowest BCUT2D eigenvalue weighted by molar-refractivity contribution is -0.184. The fraction of sp³-hybridized carbons (Fsp3) is 0.182. The molecule has 1 fully saturated rings. The van der Waals surface area contributed by atoms with Crippen molar-refractivity contribution in [2.24, 2.45) is 0 Å². The van der Waals surface area contributed by atoms with E-state index in [9.17, 15) is 9.50 Å². The maximum absolute atomic E-state index is 14.5. The fourth-order valence-electron chi connectivity index (χ4n) is 3.13. The molecule has 0 amide bonds. The van der Waals surface area contributed by atoms with Gasteiger partial charge >= 0.3 is 0 Å². The van der Waals surface area contributed by atoms with Gasteiger partial charge in [0, 0.05) is 10.6 Å². The molecule has 3 aromatic carbocycles. The van der Waals surface area contributed by atoms with E-state index in [-0.39, 0.29) is 13.2 Å². The van der Waals surface area contributed by atoms with E-state index in [1.165, 1.54) is 6.07 Å². The standard InChI is InChI=1S/C22H18ClFO3/c23-16-6-8-19(21(24)10-16)18-9-7-17(11-20(18)22(25)13-26-14-22)27-12-15-4-2-1-3-5-15/h1-11,25H,12-14H2. The van der Waals surface area contributed by atoms with Crippen molar-refractivity contribution in [3.8, 4) is 16.9 Å². The van der Waals surface area contributed by atoms with Crippen LogP contribution in [0.3, 0.4) is 0 Å². The lowest BCUT2D eigenvalue weighted by atomic mass is 9.85. The van der Waals surface area contributed by atoms with Crippen molar-refractivity contribution in [1.29, 1.82) is 0 Å². The zero-order chi connectivity index (χ0) is 18.9. The molecule has 1 N–H and O–H groups in total. The maximum atomic E-state index is 14.5. The van der Waals surface area contributed by atoms with E-state index < -0.39 is 11.4 Å². The average molecular weight is 385 g/mol. The molecule has 3 nitrogen and oxygen atoms in total. The molecule has 0 saturated carbocycles. The summed E-state index contributed by atoms with van der Waals surface area (Å²) in [5.41, 5.74) is 1.44. The van der Waals surface area contributed by atoms with Gasteiger partial charge in [-0.1, -0.05) is 48.0 Å². The Balaban J connectivity index is 1.69. The summed E-state index contributed by atoms with van der Waals surface area (Å²) in [7, 11) is 0. The van der Waals surface area contributed by atoms with E-state index in [1.54, 1.807) is 30.3 Å². The van der Waals surface area contributed by atoms with Crippen LogP contribution in [0.5, 0.6) is 5.75 Å². The highest BCUT2D eigenvalue weighted by molar-refractivity contribution is 6.30. The van der Waals surface area contributed by atoms with Gasteiger partial charge in [0.15, 0.2) is 0 Å². The maximum Gasteiger partial charge on any atom is 0.137 e. The number of rotatable bonds is 5. The summed E-state index contributed by atoms with van der Waals surface area (Å²) in [5.74, 6) is 0.165. The third-order valence-electron chi connectivity index (χ3n) is 4.64. The minimum absolute atomic E-state index is 0.164. The van der Waals surface area contributed by atoms with Crippen LogP contribution in [0.15, 0.2) is 66.7 Å². The highest BCUT2D eigenvalue weighted by Crippen LogP contribution is 2.40. The molecule has 1 aliphatic heterocycles. The predicted octanol–water partition coefficient (Wildman–Crippen LogP) is 4.94. The largest absolute Gasteiger partial charge is 0.489 e. The molecule has 0 atom stereocenters. The predicted molar refractivity (Wildman–Crippen MR) is 102 cm³/mol. The van der Waals surface area contributed by atoms with Crippen LogP contribution in [0.25, 0.3) is 11.1 Å². The van der Waals surface area contributed by atoms with E-state index in [1.807, 2.05) is 30.3 Å². The molecule has 1 aliphatic rings. The first-order valence-corrected chi connectivity index (χ1v) is 9.00. The Bertz CT molecular complexity index is 955. The number of benzene rings is 3. The van der Waals surface area contributed by atoms with E-state index in [4.69, 9.17) is 21.1 Å². The normalized spacial score (nSPS) is 15.2. The van der Waals surface area contributed by atoms with Crippen LogP contribution in [0.1, 0.15) is 11.1 Å². The van der Waals surface area contributed by atoms with Crippen LogP contribution in [0.4, 0.5) is 4.39 Å². The van der Waals surface area contributed by atoms with E-state index in [0.29, 0.717) is 34.1 Å². The van der Waals surface area contributed by atoms with Gasteiger partial charge in [0.1, 0.15) is 23.8 Å². The molecule has 0 unspecified atom stereocenters. The first kappa shape index (κ1) is 18.0. The van der Waals surface area contributed by atoms with E-state index in [2.05, 4.69) is 0 Å². The second kappa shape index (κ2) is 7.31. The highest BCUT2D eigenvalue weighted by Gasteiger charge is 2.40. The Hall–Kier alpha value is -2.40. The molecule has 4 rings (SSSR count). The van der Waals surface area contributed by atoms with Crippen LogP contribution >= 0.6 is 11.6 Å². The van der Waals surface area contributed by atoms with Crippen molar-refractivity contribution in [2.45, 2.75) is 12.2 Å². The van der Waals surface area contributed by atoms with Crippen molar-refractivity contribution in [1.82, 2.24) is 0 Å². The van der Waals surface area contributed by atoms with E-state index in [0.717, 1.165) is 5.56 Å². The SMILES string of the molecule is OC1(c2cc(OCc3ccccc3)ccc2-c2ccc(Cl)cc2F)COC1. The average Bonchev–Trinajstić information content (AvgIpc) is 2.65. The zero-order valence-corrected chi connectivity index (χ0v) is 15.2. The molecule has 27 heavy (non-hydrogen) atoms. The summed E-state index contributed by atoms with van der Waals surface area (Å²) < 4.78 is 25.5. The molecule has 1 heterocycles. The Labute approximate surface area is 161 Å². The van der Waals surface area contributed by atoms with Gasteiger partial charge in [0.05, 0.1) is 13.2 Å². The quantitative estimate of drug-likeness (QED) is 0.677. The molecule has 0 spiro atoms. The second-order valence-electron chi connectivity index (χ2n) is 6.63. The van der Waals surface area contributed by atoms with Crippen LogP contribution in [-0.4, -0.2) is 18.3 Å². The zero-order valence-electron chi connectivity index (χ0n) is 14.5. The third-order valence-corrected chi connectivity index (χ3v) is 4.88. The molecule has 0 bridgehead atoms. The molecule has 5 heteroatoms. The third kappa shape index (κ3) is 3.69. The minimum Gasteiger partial charge on any atom is -0.489 e. The van der Waals surface area contributed by atoms with E-state index >= 15 is 0 Å². The van der Waals surface area contributed by atoms with Crippen LogP contribution < -0.4 is 4.74 Å².